The molecule has 596 valence electrons. The van der Waals surface area contributed by atoms with E-state index in [4.69, 9.17) is 20.9 Å². The zero-order valence-corrected chi connectivity index (χ0v) is 64.8. The fraction of sp³-hybridized carbons (Fsp3) is 0.0805. The molecule has 0 saturated heterocycles. The third-order valence-electron chi connectivity index (χ3n) is 19.7. The van der Waals surface area contributed by atoms with Gasteiger partial charge in [0.15, 0.2) is 69.8 Å². The van der Waals surface area contributed by atoms with Gasteiger partial charge in [0, 0.05) is 6.04 Å². The second-order valence-electron chi connectivity index (χ2n) is 26.3. The molecule has 0 radical (unpaired) electrons. The first kappa shape index (κ1) is 87.9. The van der Waals surface area contributed by atoms with E-state index >= 15 is 35.1 Å². The standard InChI is InChI=1S/C44H32P2.C24BF20.C19H26N2O2.ClH.Ru/c1-5-19-35(20-6-1)45(36-21-7-2-8-22-36)41-31-29-33-17-13-15-27-39(33)43(41)44-40-28-16-14-18-34(40)30-32-42(44)46(37-23-9-3-10-24-37)38-25-11-4-12-26-38;26-5-1(6(27)14(35)21(42)13(5)34)25(2-7(28)15(36)22(43)16(37)8(2)29,3-9(30)17(38)23(44)18(39)10(3)31)4-11(32)19(40)24(45)20(41)12(4)33;1-13(2)18(20)19(21,14-5-9-16(22-3)10-6-14)15-7-11-17(23-4)12-8-15;;/h1-32H;;5-13,18H,20-21H2,1-4H3;1H;/q;-1;;;+2/p-1/t;;18-;;/m..0../s1. The number of rotatable bonds is 17. The van der Waals surface area contributed by atoms with Gasteiger partial charge < -0.3 is 33.3 Å². The van der Waals surface area contributed by atoms with Crippen LogP contribution in [0.4, 0.5) is 87.8 Å². The Morgan fingerprint density at radius 1 is 0.293 bits per heavy atom. The van der Waals surface area contributed by atoms with E-state index in [1.54, 1.807) is 14.2 Å². The maximum absolute atomic E-state index is 15.4. The predicted molar refractivity (Wildman–Crippen MR) is 407 cm³/mol. The Balaban J connectivity index is 0.000000192. The second kappa shape index (κ2) is 36.4. The van der Waals surface area contributed by atoms with E-state index in [2.05, 4.69) is 208 Å². The normalized spacial score (nSPS) is 11.8. The molecule has 0 aliphatic carbocycles. The van der Waals surface area contributed by atoms with Gasteiger partial charge in [-0.15, -0.1) is 21.9 Å². The Hall–Kier alpha value is -10.4. The molecule has 116 heavy (non-hydrogen) atoms. The van der Waals surface area contributed by atoms with Gasteiger partial charge in [0.25, 0.3) is 0 Å². The summed E-state index contributed by atoms with van der Waals surface area (Å²) in [5.74, 6) is -69.6. The molecule has 0 spiro atoms. The van der Waals surface area contributed by atoms with Crippen LogP contribution < -0.4 is 87.0 Å². The molecule has 0 bridgehead atoms. The average Bonchev–Trinajstić information content (AvgIpc) is 0.679. The molecule has 0 aromatic heterocycles. The van der Waals surface area contributed by atoms with Crippen molar-refractivity contribution in [2.45, 2.75) is 25.4 Å². The Bertz CT molecular complexity index is 5270. The van der Waals surface area contributed by atoms with Crippen LogP contribution in [0.3, 0.4) is 0 Å². The number of fused-ring (bicyclic) bond motifs is 2. The summed E-state index contributed by atoms with van der Waals surface area (Å²) in [6, 6.07) is 87.1. The van der Waals surface area contributed by atoms with Crippen molar-refractivity contribution in [3.05, 3.63) is 370 Å². The van der Waals surface area contributed by atoms with Crippen LogP contribution in [0.25, 0.3) is 32.7 Å². The van der Waals surface area contributed by atoms with Gasteiger partial charge in [-0.25, -0.2) is 87.8 Å². The molecule has 29 heteroatoms. The van der Waals surface area contributed by atoms with E-state index in [9.17, 15) is 52.7 Å². The van der Waals surface area contributed by atoms with Gasteiger partial charge in [-0.05, 0) is 122 Å². The Morgan fingerprint density at radius 3 is 0.733 bits per heavy atom. The average molecular weight is 1750 g/mol. The van der Waals surface area contributed by atoms with Crippen molar-refractivity contribution in [2.24, 2.45) is 17.4 Å². The van der Waals surface area contributed by atoms with E-state index in [1.165, 1.54) is 64.5 Å². The van der Waals surface area contributed by atoms with Gasteiger partial charge >= 0.3 is 19.5 Å². The van der Waals surface area contributed by atoms with Gasteiger partial charge in [-0.3, -0.25) is 0 Å². The third-order valence-corrected chi connectivity index (χ3v) is 24.7. The first-order valence-electron chi connectivity index (χ1n) is 34.4. The van der Waals surface area contributed by atoms with Gasteiger partial charge in [0.05, 0.1) is 19.8 Å². The predicted octanol–water partition coefficient (Wildman–Crippen LogP) is 14.9. The molecule has 0 aliphatic rings. The number of ether oxygens (including phenoxy) is 2. The molecule has 0 amide bonds. The van der Waals surface area contributed by atoms with Crippen molar-refractivity contribution in [2.75, 3.05) is 14.2 Å². The molecule has 4 nitrogen and oxygen atoms in total. The maximum atomic E-state index is 15.4. The second-order valence-corrected chi connectivity index (χ2v) is 30.6. The van der Waals surface area contributed by atoms with Crippen molar-refractivity contribution in [3.63, 3.8) is 0 Å². The number of halogens is 21. The zero-order chi connectivity index (χ0) is 82.1. The maximum Gasteiger partial charge on any atom is 2.00 e. The van der Waals surface area contributed by atoms with Gasteiger partial charge in [0.1, 0.15) is 64.2 Å². The summed E-state index contributed by atoms with van der Waals surface area (Å²) in [5, 5.41) is 13.3. The van der Waals surface area contributed by atoms with E-state index in [1.807, 2.05) is 48.5 Å². The Labute approximate surface area is 672 Å². The van der Waals surface area contributed by atoms with E-state index in [-0.39, 0.29) is 43.8 Å². The first-order chi connectivity index (χ1) is 54.5. The van der Waals surface area contributed by atoms with Crippen molar-refractivity contribution < 1.29 is 129 Å². The van der Waals surface area contributed by atoms with E-state index in [0.717, 1.165) is 22.6 Å². The van der Waals surface area contributed by atoms with Crippen LogP contribution >= 0.6 is 15.8 Å². The van der Waals surface area contributed by atoms with Crippen molar-refractivity contribution in [1.82, 2.24) is 0 Å². The molecule has 4 N–H and O–H groups in total. The Kier molecular flexibility index (Phi) is 27.6. The fourth-order valence-corrected chi connectivity index (χ4v) is 19.2. The SMILES string of the molecule is COc1ccc(C(N)(c2ccc(OC)cc2)[C@@H](N)C(C)C)cc1.Fc1c(F)c(F)c([B-](c2c(F)c(F)c(F)c(F)c2F)(c2c(F)c(F)c(F)c(F)c2F)c2c(F)c(F)c(F)c(F)c2F)c(F)c1F.[Cl-].[Ru+2].c1ccc(P(c2ccccc2)c2ccc3ccccc3c2-c2c(P(c3ccccc3)c3ccccc3)ccc3ccccc23)cc1. The molecule has 14 aromatic rings. The molecule has 1 atom stereocenters. The van der Waals surface area contributed by atoms with Crippen LogP contribution in [0, 0.1) is 122 Å². The summed E-state index contributed by atoms with van der Waals surface area (Å²) in [7, 11) is 1.59. The molecular weight excluding hydrogens is 1690 g/mol. The molecule has 0 fully saturated rings. The molecule has 0 saturated carbocycles. The Morgan fingerprint density at radius 2 is 0.509 bits per heavy atom. The minimum atomic E-state index is -7.22. The third kappa shape index (κ3) is 15.7. The molecule has 14 rings (SSSR count). The van der Waals surface area contributed by atoms with Crippen molar-refractivity contribution >= 4 is 97.2 Å². The summed E-state index contributed by atoms with van der Waals surface area (Å²) >= 11 is 0. The molecule has 0 aliphatic heterocycles. The van der Waals surface area contributed by atoms with Crippen LogP contribution in [0.2, 0.25) is 0 Å². The summed E-state index contributed by atoms with van der Waals surface area (Å²) < 4.78 is 304. The van der Waals surface area contributed by atoms with Crippen LogP contribution in [-0.2, 0) is 25.0 Å². The smallest absolute Gasteiger partial charge is 1.00 e. The first-order valence-corrected chi connectivity index (χ1v) is 37.1. The van der Waals surface area contributed by atoms with E-state index < -0.39 is 166 Å². The topological polar surface area (TPSA) is 70.5 Å². The van der Waals surface area contributed by atoms with Crippen LogP contribution in [0.15, 0.2) is 243 Å². The number of methoxy groups -OCH3 is 2. The van der Waals surface area contributed by atoms with Crippen LogP contribution in [0.5, 0.6) is 11.5 Å². The minimum Gasteiger partial charge on any atom is -1.00 e. The van der Waals surface area contributed by atoms with Crippen molar-refractivity contribution in [3.8, 4) is 22.6 Å². The number of benzene rings is 14. The van der Waals surface area contributed by atoms with Gasteiger partial charge in [-0.2, -0.15) is 0 Å². The van der Waals surface area contributed by atoms with Gasteiger partial charge in [-0.1, -0.05) is 232 Å². The quantitative estimate of drug-likeness (QED) is 0.0313. The number of nitrogens with two attached hydrogens (primary N) is 2. The van der Waals surface area contributed by atoms with E-state index in [0.29, 0.717) is 0 Å². The fourth-order valence-electron chi connectivity index (χ4n) is 14.3. The van der Waals surface area contributed by atoms with Gasteiger partial charge in [0.2, 0.25) is 0 Å². The van der Waals surface area contributed by atoms with Crippen LogP contribution in [-0.4, -0.2) is 26.4 Å². The summed E-state index contributed by atoms with van der Waals surface area (Å²) in [6.45, 7) is 4.17. The largest absolute Gasteiger partial charge is 2.00 e. The molecule has 0 heterocycles. The summed E-state index contributed by atoms with van der Waals surface area (Å²) in [4.78, 5) is 0. The van der Waals surface area contributed by atoms with Crippen LogP contribution in [0.1, 0.15) is 25.0 Å². The number of hydrogen-bond acceptors (Lipinski definition) is 4. The molecule has 14 aromatic carbocycles. The molecular formula is C87H58BClF20N2O2P2Ru. The van der Waals surface area contributed by atoms with Crippen molar-refractivity contribution in [1.29, 1.82) is 0 Å². The zero-order valence-electron chi connectivity index (χ0n) is 60.5. The molecule has 0 unspecified atom stereocenters. The minimum absolute atomic E-state index is 0. The summed E-state index contributed by atoms with van der Waals surface area (Å²) in [5.41, 5.74) is 2.89. The summed E-state index contributed by atoms with van der Waals surface area (Å²) in [6.07, 6.45) is -7.22. The number of hydrogen-bond donors (Lipinski definition) is 2. The monoisotopic (exact) mass is 1750 g/mol.